The summed E-state index contributed by atoms with van der Waals surface area (Å²) < 4.78 is 0. The molecule has 2 rings (SSSR count). The van der Waals surface area contributed by atoms with Crippen molar-refractivity contribution in [2.24, 2.45) is 10.8 Å². The zero-order chi connectivity index (χ0) is 20.9. The van der Waals surface area contributed by atoms with E-state index in [1.54, 1.807) is 0 Å². The van der Waals surface area contributed by atoms with Gasteiger partial charge in [0.15, 0.2) is 5.78 Å². The third-order valence-corrected chi connectivity index (χ3v) is 7.10. The molecule has 1 aromatic rings. The summed E-state index contributed by atoms with van der Waals surface area (Å²) in [7, 11) is 0. The van der Waals surface area contributed by atoms with Crippen LogP contribution in [0, 0.1) is 31.6 Å². The third-order valence-electron chi connectivity index (χ3n) is 7.10. The van der Waals surface area contributed by atoms with E-state index in [2.05, 4.69) is 19.1 Å². The second-order valence-electron chi connectivity index (χ2n) is 9.19. The summed E-state index contributed by atoms with van der Waals surface area (Å²) in [4.78, 5) is 26.6. The molecule has 3 nitrogen and oxygen atoms in total. The largest absolute Gasteiger partial charge is 0.481 e. The molecule has 156 valence electrons. The van der Waals surface area contributed by atoms with Crippen LogP contribution < -0.4 is 0 Å². The Labute approximate surface area is 170 Å². The molecule has 1 N–H and O–H groups in total. The van der Waals surface area contributed by atoms with E-state index in [0.717, 1.165) is 67.2 Å². The summed E-state index contributed by atoms with van der Waals surface area (Å²) in [5, 5.41) is 10.3. The molecule has 1 unspecified atom stereocenters. The van der Waals surface area contributed by atoms with Crippen LogP contribution in [0.2, 0.25) is 0 Å². The van der Waals surface area contributed by atoms with Gasteiger partial charge in [0.2, 0.25) is 0 Å². The highest BCUT2D eigenvalue weighted by atomic mass is 16.4. The van der Waals surface area contributed by atoms with Gasteiger partial charge < -0.3 is 5.11 Å². The molecule has 0 amide bonds. The van der Waals surface area contributed by atoms with Gasteiger partial charge in [-0.15, -0.1) is 0 Å². The predicted molar refractivity (Wildman–Crippen MR) is 115 cm³/mol. The highest BCUT2D eigenvalue weighted by Crippen LogP contribution is 2.55. The highest BCUT2D eigenvalue weighted by molar-refractivity contribution is 6.05. The van der Waals surface area contributed by atoms with Crippen LogP contribution in [0.1, 0.15) is 105 Å². The zero-order valence-electron chi connectivity index (χ0n) is 18.5. The number of hydrogen-bond donors (Lipinski definition) is 1. The Morgan fingerprint density at radius 1 is 1.00 bits per heavy atom. The molecule has 1 aliphatic rings. The smallest absolute Gasteiger partial charge is 0.310 e. The maximum absolute atomic E-state index is 14.1. The minimum absolute atomic E-state index is 0.0718. The van der Waals surface area contributed by atoms with Gasteiger partial charge in [-0.2, -0.15) is 0 Å². The summed E-state index contributed by atoms with van der Waals surface area (Å²) in [6, 6.07) is 4.10. The third kappa shape index (κ3) is 4.18. The molecule has 1 aliphatic carbocycles. The fourth-order valence-electron chi connectivity index (χ4n) is 5.42. The molecular formula is C25H38O3. The van der Waals surface area contributed by atoms with Gasteiger partial charge >= 0.3 is 5.97 Å². The number of aryl methyl sites for hydroxylation is 3. The van der Waals surface area contributed by atoms with Crippen molar-refractivity contribution in [2.45, 2.75) is 98.8 Å². The van der Waals surface area contributed by atoms with Gasteiger partial charge in [0, 0.05) is 11.0 Å². The molecule has 3 heteroatoms. The minimum Gasteiger partial charge on any atom is -0.481 e. The Morgan fingerprint density at radius 2 is 1.57 bits per heavy atom. The highest BCUT2D eigenvalue weighted by Gasteiger charge is 2.57. The Balaban J connectivity index is 2.52. The summed E-state index contributed by atoms with van der Waals surface area (Å²) in [5.74, 6) is -0.732. The Bertz CT molecular complexity index is 689. The first kappa shape index (κ1) is 22.6. The van der Waals surface area contributed by atoms with Crippen molar-refractivity contribution in [3.63, 3.8) is 0 Å². The number of Topliss-reactive ketones (excluding diaryl/α,β-unsaturated/α-hetero) is 1. The summed E-state index contributed by atoms with van der Waals surface area (Å²) in [6.07, 6.45) is 9.07. The lowest BCUT2D eigenvalue weighted by atomic mass is 9.53. The molecule has 0 radical (unpaired) electrons. The number of aliphatic carboxylic acids is 1. The van der Waals surface area contributed by atoms with Crippen molar-refractivity contribution in [1.29, 1.82) is 0 Å². The van der Waals surface area contributed by atoms with Gasteiger partial charge in [0.1, 0.15) is 0 Å². The molecule has 0 heterocycles. The molecule has 1 saturated carbocycles. The van der Waals surface area contributed by atoms with Gasteiger partial charge in [-0.3, -0.25) is 9.59 Å². The molecule has 28 heavy (non-hydrogen) atoms. The van der Waals surface area contributed by atoms with E-state index in [1.165, 1.54) is 0 Å². The second kappa shape index (κ2) is 9.24. The van der Waals surface area contributed by atoms with Crippen LogP contribution in [-0.4, -0.2) is 16.9 Å². The number of carbonyl (C=O) groups is 2. The van der Waals surface area contributed by atoms with Crippen molar-refractivity contribution < 1.29 is 14.7 Å². The first-order valence-corrected chi connectivity index (χ1v) is 11.1. The topological polar surface area (TPSA) is 54.4 Å². The molecule has 1 fully saturated rings. The molecule has 0 aliphatic heterocycles. The van der Waals surface area contributed by atoms with Crippen molar-refractivity contribution in [2.75, 3.05) is 0 Å². The lowest BCUT2D eigenvalue weighted by Gasteiger charge is -2.48. The average molecular weight is 387 g/mol. The number of ketones is 1. The molecule has 1 aromatic carbocycles. The Hall–Kier alpha value is -1.64. The summed E-state index contributed by atoms with van der Waals surface area (Å²) in [5.41, 5.74) is 2.05. The van der Waals surface area contributed by atoms with Crippen LogP contribution in [0.5, 0.6) is 0 Å². The van der Waals surface area contributed by atoms with Crippen molar-refractivity contribution in [1.82, 2.24) is 0 Å². The maximum atomic E-state index is 14.1. The monoisotopic (exact) mass is 386 g/mol. The quantitative estimate of drug-likeness (QED) is 0.375. The molecule has 1 atom stereocenters. The molecule has 0 spiro atoms. The first-order valence-electron chi connectivity index (χ1n) is 11.1. The van der Waals surface area contributed by atoms with Crippen LogP contribution in [0.25, 0.3) is 0 Å². The molecule has 0 aromatic heterocycles. The number of carboxylic acids is 1. The number of carboxylic acid groups (broad SMARTS) is 1. The van der Waals surface area contributed by atoms with Crippen LogP contribution in [0.4, 0.5) is 0 Å². The zero-order valence-corrected chi connectivity index (χ0v) is 18.5. The number of hydrogen-bond acceptors (Lipinski definition) is 2. The van der Waals surface area contributed by atoms with E-state index >= 15 is 0 Å². The molecular weight excluding hydrogens is 348 g/mol. The Kier molecular flexibility index (Phi) is 7.47. The van der Waals surface area contributed by atoms with Gasteiger partial charge in [-0.05, 0) is 58.1 Å². The average Bonchev–Trinajstić information content (AvgIpc) is 2.64. The number of carbonyl (C=O) groups excluding carboxylic acids is 1. The summed E-state index contributed by atoms with van der Waals surface area (Å²) in [6.45, 7) is 10.0. The molecule has 0 bridgehead atoms. The van der Waals surface area contributed by atoms with Gasteiger partial charge in [-0.25, -0.2) is 0 Å². The van der Waals surface area contributed by atoms with Crippen molar-refractivity contribution >= 4 is 11.8 Å². The molecule has 0 saturated heterocycles. The standard InChI is InChI=1S/C25H38O3/c1-6-7-8-10-13-24(5,23(27)28)25(14-11-9-12-15-25)22(26)21-19(3)16-18(2)17-20(21)4/h16-17H,6-15H2,1-5H3,(H,27,28). The lowest BCUT2D eigenvalue weighted by molar-refractivity contribution is -0.157. The van der Waals surface area contributed by atoms with Crippen molar-refractivity contribution in [3.8, 4) is 0 Å². The first-order chi connectivity index (χ1) is 13.2. The minimum atomic E-state index is -1.01. The number of unbranched alkanes of at least 4 members (excludes halogenated alkanes) is 3. The summed E-state index contributed by atoms with van der Waals surface area (Å²) >= 11 is 0. The van der Waals surface area contributed by atoms with E-state index in [4.69, 9.17) is 0 Å². The van der Waals surface area contributed by atoms with Gasteiger partial charge in [-0.1, -0.05) is 69.6 Å². The van der Waals surface area contributed by atoms with Crippen LogP contribution in [-0.2, 0) is 4.79 Å². The van der Waals surface area contributed by atoms with E-state index in [1.807, 2.05) is 27.7 Å². The van der Waals surface area contributed by atoms with Crippen molar-refractivity contribution in [3.05, 3.63) is 34.4 Å². The second-order valence-corrected chi connectivity index (χ2v) is 9.19. The predicted octanol–water partition coefficient (Wildman–Crippen LogP) is 6.81. The van der Waals surface area contributed by atoms with E-state index < -0.39 is 16.8 Å². The van der Waals surface area contributed by atoms with Crippen LogP contribution in [0.3, 0.4) is 0 Å². The van der Waals surface area contributed by atoms with Gasteiger partial charge in [0.05, 0.1) is 5.41 Å². The van der Waals surface area contributed by atoms with Gasteiger partial charge in [0.25, 0.3) is 0 Å². The van der Waals surface area contributed by atoms with E-state index in [-0.39, 0.29) is 5.78 Å². The fourth-order valence-corrected chi connectivity index (χ4v) is 5.42. The maximum Gasteiger partial charge on any atom is 0.310 e. The lowest BCUT2D eigenvalue weighted by Crippen LogP contribution is -2.52. The van der Waals surface area contributed by atoms with Crippen LogP contribution in [0.15, 0.2) is 12.1 Å². The fraction of sp³-hybridized carbons (Fsp3) is 0.680. The number of rotatable bonds is 9. The van der Waals surface area contributed by atoms with Crippen LogP contribution >= 0.6 is 0 Å². The van der Waals surface area contributed by atoms with E-state index in [9.17, 15) is 14.7 Å². The number of benzene rings is 1. The normalized spacial score (nSPS) is 18.5. The SMILES string of the molecule is CCCCCCC(C)(C(=O)O)C1(C(=O)c2c(C)cc(C)cc2C)CCCCC1. The van der Waals surface area contributed by atoms with E-state index in [0.29, 0.717) is 19.3 Å². The Morgan fingerprint density at radius 3 is 2.07 bits per heavy atom.